The molecule has 1 aliphatic carbocycles. The van der Waals surface area contributed by atoms with E-state index < -0.39 is 4.92 Å². The molecule has 4 nitrogen and oxygen atoms in total. The minimum Gasteiger partial charge on any atom is -0.325 e. The lowest BCUT2D eigenvalue weighted by molar-refractivity contribution is -0.385. The number of benzene rings is 1. The average Bonchev–Trinajstić information content (AvgIpc) is 2.87. The van der Waals surface area contributed by atoms with Gasteiger partial charge in [-0.15, -0.1) is 0 Å². The maximum Gasteiger partial charge on any atom is 0.274 e. The maximum atomic E-state index is 10.8. The van der Waals surface area contributed by atoms with Crippen LogP contribution in [0.4, 0.5) is 5.69 Å². The summed E-state index contributed by atoms with van der Waals surface area (Å²) in [5, 5.41) is 11.2. The first-order valence-corrected chi connectivity index (χ1v) is 5.10. The summed E-state index contributed by atoms with van der Waals surface area (Å²) in [5.41, 5.74) is 6.30. The van der Waals surface area contributed by atoms with Crippen LogP contribution in [0.1, 0.15) is 18.4 Å². The van der Waals surface area contributed by atoms with E-state index in [-0.39, 0.29) is 11.2 Å². The van der Waals surface area contributed by atoms with Crippen LogP contribution in [0.5, 0.6) is 0 Å². The van der Waals surface area contributed by atoms with Gasteiger partial charge in [-0.25, -0.2) is 0 Å². The Morgan fingerprint density at radius 2 is 2.20 bits per heavy atom. The topological polar surface area (TPSA) is 69.2 Å². The molecule has 1 aromatic rings. The quantitative estimate of drug-likeness (QED) is 0.635. The minimum absolute atomic E-state index is 0.0687. The Balaban J connectivity index is 2.38. The zero-order valence-electron chi connectivity index (χ0n) is 8.07. The van der Waals surface area contributed by atoms with Crippen molar-refractivity contribution in [2.24, 2.45) is 5.73 Å². The summed E-state index contributed by atoms with van der Waals surface area (Å²) in [7, 11) is 0. The summed E-state index contributed by atoms with van der Waals surface area (Å²) in [6, 6.07) is 4.71. The van der Waals surface area contributed by atoms with Crippen molar-refractivity contribution in [3.05, 3.63) is 38.9 Å². The molecular formula is C10H11ClN2O2. The molecule has 1 aromatic carbocycles. The Morgan fingerprint density at radius 3 is 2.73 bits per heavy atom. The van der Waals surface area contributed by atoms with E-state index in [9.17, 15) is 10.1 Å². The number of halogens is 1. The Bertz CT molecular complexity index is 416. The van der Waals surface area contributed by atoms with Crippen molar-refractivity contribution in [1.29, 1.82) is 0 Å². The van der Waals surface area contributed by atoms with Gasteiger partial charge in [0.25, 0.3) is 5.69 Å². The largest absolute Gasteiger partial charge is 0.325 e. The molecule has 15 heavy (non-hydrogen) atoms. The summed E-state index contributed by atoms with van der Waals surface area (Å²) >= 11 is 5.95. The van der Waals surface area contributed by atoms with Crippen LogP contribution in [0.25, 0.3) is 0 Å². The standard InChI is InChI=1S/C10H11ClN2O2/c11-8-2-1-3-9(13(14)15)7(8)6-10(12)4-5-10/h1-3H,4-6,12H2. The zero-order chi connectivity index (χ0) is 11.1. The van der Waals surface area contributed by atoms with Gasteiger partial charge in [0.1, 0.15) is 0 Å². The third-order valence-corrected chi connectivity index (χ3v) is 3.07. The van der Waals surface area contributed by atoms with Crippen LogP contribution < -0.4 is 5.73 Å². The van der Waals surface area contributed by atoms with Crippen LogP contribution in [0.3, 0.4) is 0 Å². The highest BCUT2D eigenvalue weighted by molar-refractivity contribution is 6.31. The molecule has 2 rings (SSSR count). The van der Waals surface area contributed by atoms with Gasteiger partial charge in [0, 0.05) is 11.6 Å². The van der Waals surface area contributed by atoms with Crippen LogP contribution in [-0.2, 0) is 6.42 Å². The zero-order valence-corrected chi connectivity index (χ0v) is 8.83. The van der Waals surface area contributed by atoms with Crippen LogP contribution in [0.15, 0.2) is 18.2 Å². The highest BCUT2D eigenvalue weighted by atomic mass is 35.5. The number of nitro benzene ring substituents is 1. The van der Waals surface area contributed by atoms with Crippen molar-refractivity contribution in [2.45, 2.75) is 24.8 Å². The lowest BCUT2D eigenvalue weighted by atomic mass is 10.0. The molecule has 0 radical (unpaired) electrons. The third-order valence-electron chi connectivity index (χ3n) is 2.71. The summed E-state index contributed by atoms with van der Waals surface area (Å²) in [6.45, 7) is 0. The summed E-state index contributed by atoms with van der Waals surface area (Å²) in [6.07, 6.45) is 2.31. The first-order chi connectivity index (χ1) is 7.02. The molecule has 1 saturated carbocycles. The van der Waals surface area contributed by atoms with E-state index in [2.05, 4.69) is 0 Å². The molecule has 0 amide bonds. The fraction of sp³-hybridized carbons (Fsp3) is 0.400. The average molecular weight is 227 g/mol. The second kappa shape index (κ2) is 3.47. The Hall–Kier alpha value is -1.13. The normalized spacial score (nSPS) is 17.5. The molecule has 0 aromatic heterocycles. The van der Waals surface area contributed by atoms with Gasteiger partial charge >= 0.3 is 0 Å². The fourth-order valence-corrected chi connectivity index (χ4v) is 1.82. The van der Waals surface area contributed by atoms with Gasteiger partial charge in [-0.2, -0.15) is 0 Å². The van der Waals surface area contributed by atoms with Crippen molar-refractivity contribution < 1.29 is 4.92 Å². The molecule has 0 saturated heterocycles. The highest BCUT2D eigenvalue weighted by Crippen LogP contribution is 2.39. The molecule has 0 bridgehead atoms. The smallest absolute Gasteiger partial charge is 0.274 e. The molecule has 0 atom stereocenters. The number of nitro groups is 1. The number of hydrogen-bond donors (Lipinski definition) is 1. The molecule has 1 fully saturated rings. The van der Waals surface area contributed by atoms with Gasteiger partial charge in [0.15, 0.2) is 0 Å². The fourth-order valence-electron chi connectivity index (χ4n) is 1.58. The van der Waals surface area contributed by atoms with Gasteiger partial charge in [0.05, 0.1) is 15.5 Å². The first-order valence-electron chi connectivity index (χ1n) is 4.72. The number of nitrogens with two attached hydrogens (primary N) is 1. The minimum atomic E-state index is -0.410. The number of hydrogen-bond acceptors (Lipinski definition) is 3. The van der Waals surface area contributed by atoms with Crippen LogP contribution in [0.2, 0.25) is 5.02 Å². The molecule has 0 heterocycles. The number of rotatable bonds is 3. The SMILES string of the molecule is NC1(Cc2c(Cl)cccc2[N+](=O)[O-])CC1. The molecule has 5 heteroatoms. The van der Waals surface area contributed by atoms with E-state index >= 15 is 0 Å². The van der Waals surface area contributed by atoms with Crippen LogP contribution in [0, 0.1) is 10.1 Å². The first kappa shape index (κ1) is 10.4. The summed E-state index contributed by atoms with van der Waals surface area (Å²) < 4.78 is 0. The van der Waals surface area contributed by atoms with Crippen molar-refractivity contribution in [3.63, 3.8) is 0 Å². The van der Waals surface area contributed by atoms with E-state index in [1.807, 2.05) is 0 Å². The Morgan fingerprint density at radius 1 is 1.53 bits per heavy atom. The Labute approximate surface area is 92.2 Å². The van der Waals surface area contributed by atoms with E-state index in [4.69, 9.17) is 17.3 Å². The number of nitrogens with zero attached hydrogens (tertiary/aromatic N) is 1. The molecule has 1 aliphatic rings. The van der Waals surface area contributed by atoms with E-state index in [0.29, 0.717) is 17.0 Å². The van der Waals surface area contributed by atoms with Gasteiger partial charge in [-0.1, -0.05) is 17.7 Å². The second-order valence-corrected chi connectivity index (χ2v) is 4.44. The summed E-state index contributed by atoms with van der Waals surface area (Å²) in [4.78, 5) is 10.4. The molecule has 0 unspecified atom stereocenters. The predicted molar refractivity (Wildman–Crippen MR) is 58.0 cm³/mol. The lowest BCUT2D eigenvalue weighted by Gasteiger charge is -2.10. The maximum absolute atomic E-state index is 10.8. The van der Waals surface area contributed by atoms with Crippen molar-refractivity contribution in [3.8, 4) is 0 Å². The van der Waals surface area contributed by atoms with Gasteiger partial charge in [0.2, 0.25) is 0 Å². The van der Waals surface area contributed by atoms with E-state index in [1.54, 1.807) is 12.1 Å². The van der Waals surface area contributed by atoms with Crippen molar-refractivity contribution in [2.75, 3.05) is 0 Å². The van der Waals surface area contributed by atoms with E-state index in [0.717, 1.165) is 12.8 Å². The van der Waals surface area contributed by atoms with Crippen molar-refractivity contribution >= 4 is 17.3 Å². The monoisotopic (exact) mass is 226 g/mol. The molecule has 2 N–H and O–H groups in total. The molecule has 80 valence electrons. The van der Waals surface area contributed by atoms with Crippen LogP contribution >= 0.6 is 11.6 Å². The van der Waals surface area contributed by atoms with Gasteiger partial charge < -0.3 is 5.73 Å². The predicted octanol–water partition coefficient (Wildman–Crippen LogP) is 2.28. The van der Waals surface area contributed by atoms with Gasteiger partial charge in [-0.3, -0.25) is 10.1 Å². The highest BCUT2D eigenvalue weighted by Gasteiger charge is 2.40. The molecule has 0 spiro atoms. The molecular weight excluding hydrogens is 216 g/mol. The van der Waals surface area contributed by atoms with Gasteiger partial charge in [-0.05, 0) is 25.3 Å². The summed E-state index contributed by atoms with van der Waals surface area (Å²) in [5.74, 6) is 0. The lowest BCUT2D eigenvalue weighted by Crippen LogP contribution is -2.25. The van der Waals surface area contributed by atoms with Crippen LogP contribution in [-0.4, -0.2) is 10.5 Å². The third kappa shape index (κ3) is 2.11. The molecule has 0 aliphatic heterocycles. The van der Waals surface area contributed by atoms with Crippen molar-refractivity contribution in [1.82, 2.24) is 0 Å². The van der Waals surface area contributed by atoms with E-state index in [1.165, 1.54) is 6.07 Å². The Kier molecular flexibility index (Phi) is 2.40. The second-order valence-electron chi connectivity index (χ2n) is 4.03.